The number of nitrogens with one attached hydrogen (secondary N) is 3. The Labute approximate surface area is 119 Å². The predicted octanol–water partition coefficient (Wildman–Crippen LogP) is 1.61. The number of amides is 1. The van der Waals surface area contributed by atoms with E-state index in [1.165, 1.54) is 0 Å². The molecule has 1 aromatic rings. The van der Waals surface area contributed by atoms with Gasteiger partial charge in [-0.2, -0.15) is 0 Å². The summed E-state index contributed by atoms with van der Waals surface area (Å²) in [6.45, 7) is 7.62. The molecule has 0 radical (unpaired) electrons. The lowest BCUT2D eigenvalue weighted by atomic mass is 10.2. The fourth-order valence-electron chi connectivity index (χ4n) is 2.27. The summed E-state index contributed by atoms with van der Waals surface area (Å²) < 4.78 is 0. The van der Waals surface area contributed by atoms with Crippen LogP contribution in [-0.2, 0) is 4.79 Å². The Morgan fingerprint density at radius 2 is 1.95 bits per heavy atom. The van der Waals surface area contributed by atoms with Gasteiger partial charge in [-0.3, -0.25) is 4.79 Å². The maximum atomic E-state index is 11.2. The van der Waals surface area contributed by atoms with Crippen LogP contribution >= 0.6 is 0 Å². The van der Waals surface area contributed by atoms with Crippen molar-refractivity contribution in [3.63, 3.8) is 0 Å². The van der Waals surface area contributed by atoms with Crippen molar-refractivity contribution in [2.45, 2.75) is 46.1 Å². The number of aromatic nitrogens is 2. The average Bonchev–Trinajstić information content (AvgIpc) is 2.83. The van der Waals surface area contributed by atoms with Gasteiger partial charge in [-0.1, -0.05) is 6.92 Å². The quantitative estimate of drug-likeness (QED) is 0.736. The van der Waals surface area contributed by atoms with Gasteiger partial charge in [-0.05, 0) is 26.7 Å². The molecule has 0 spiro atoms. The van der Waals surface area contributed by atoms with Crippen LogP contribution in [0.5, 0.6) is 0 Å². The summed E-state index contributed by atoms with van der Waals surface area (Å²) in [6, 6.07) is 0.198. The van der Waals surface area contributed by atoms with E-state index in [2.05, 4.69) is 32.8 Å². The third kappa shape index (κ3) is 3.59. The Morgan fingerprint density at radius 1 is 1.25 bits per heavy atom. The monoisotopic (exact) mass is 277 g/mol. The molecule has 6 heteroatoms. The van der Waals surface area contributed by atoms with Crippen molar-refractivity contribution in [3.05, 3.63) is 11.4 Å². The minimum absolute atomic E-state index is 0.137. The smallest absolute Gasteiger partial charge is 0.220 e. The Kier molecular flexibility index (Phi) is 4.76. The lowest BCUT2D eigenvalue weighted by Gasteiger charge is -2.16. The Balaban J connectivity index is 2.02. The predicted molar refractivity (Wildman–Crippen MR) is 79.9 cm³/mol. The zero-order valence-electron chi connectivity index (χ0n) is 12.4. The second-order valence-corrected chi connectivity index (χ2v) is 5.20. The fourth-order valence-corrected chi connectivity index (χ4v) is 2.27. The first-order valence-electron chi connectivity index (χ1n) is 7.22. The van der Waals surface area contributed by atoms with Gasteiger partial charge in [0.1, 0.15) is 17.5 Å². The Morgan fingerprint density at radius 3 is 2.55 bits per heavy atom. The first-order valence-corrected chi connectivity index (χ1v) is 7.22. The molecular formula is C14H23N5O. The van der Waals surface area contributed by atoms with Crippen LogP contribution in [0.2, 0.25) is 0 Å². The van der Waals surface area contributed by atoms with Gasteiger partial charge in [0.05, 0.1) is 0 Å². The van der Waals surface area contributed by atoms with E-state index in [0.29, 0.717) is 13.0 Å². The van der Waals surface area contributed by atoms with Crippen LogP contribution in [-0.4, -0.2) is 35.0 Å². The molecule has 1 amide bonds. The van der Waals surface area contributed by atoms with Crippen molar-refractivity contribution in [1.82, 2.24) is 15.3 Å². The molecule has 110 valence electrons. The number of rotatable bonds is 6. The summed E-state index contributed by atoms with van der Waals surface area (Å²) in [6.07, 6.45) is 2.56. The van der Waals surface area contributed by atoms with Crippen LogP contribution in [0.3, 0.4) is 0 Å². The average molecular weight is 277 g/mol. The maximum Gasteiger partial charge on any atom is 0.220 e. The molecule has 1 unspecified atom stereocenters. The van der Waals surface area contributed by atoms with E-state index >= 15 is 0 Å². The zero-order chi connectivity index (χ0) is 14.5. The third-order valence-corrected chi connectivity index (χ3v) is 3.40. The summed E-state index contributed by atoms with van der Waals surface area (Å²) in [5.41, 5.74) is 1.02. The summed E-state index contributed by atoms with van der Waals surface area (Å²) in [5.74, 6) is 2.61. The Hall–Kier alpha value is -1.85. The minimum Gasteiger partial charge on any atom is -0.370 e. The molecule has 3 N–H and O–H groups in total. The number of anilines is 2. The normalized spacial score (nSPS) is 17.9. The highest BCUT2D eigenvalue weighted by molar-refractivity contribution is 5.78. The number of hydrogen-bond donors (Lipinski definition) is 3. The van der Waals surface area contributed by atoms with Crippen LogP contribution in [0, 0.1) is 13.8 Å². The minimum atomic E-state index is 0.137. The highest BCUT2D eigenvalue weighted by atomic mass is 16.1. The molecule has 1 aliphatic heterocycles. The molecule has 1 fully saturated rings. The lowest BCUT2D eigenvalue weighted by molar-refractivity contribution is -0.119. The SMILES string of the molecule is CCCNc1nc(C)nc(NCC2CCC(=O)N2)c1C. The van der Waals surface area contributed by atoms with Crippen molar-refractivity contribution < 1.29 is 4.79 Å². The molecular weight excluding hydrogens is 254 g/mol. The fraction of sp³-hybridized carbons (Fsp3) is 0.643. The van der Waals surface area contributed by atoms with Crippen LogP contribution in [0.15, 0.2) is 0 Å². The van der Waals surface area contributed by atoms with E-state index in [1.807, 2.05) is 13.8 Å². The van der Waals surface area contributed by atoms with Crippen molar-refractivity contribution in [2.24, 2.45) is 0 Å². The van der Waals surface area contributed by atoms with Crippen molar-refractivity contribution in [3.8, 4) is 0 Å². The number of hydrogen-bond acceptors (Lipinski definition) is 5. The van der Waals surface area contributed by atoms with E-state index in [1.54, 1.807) is 0 Å². The molecule has 0 saturated carbocycles. The molecule has 2 heterocycles. The first kappa shape index (κ1) is 14.6. The maximum absolute atomic E-state index is 11.2. The van der Waals surface area contributed by atoms with E-state index in [0.717, 1.165) is 42.4 Å². The molecule has 2 rings (SSSR count). The van der Waals surface area contributed by atoms with Crippen molar-refractivity contribution >= 4 is 17.5 Å². The highest BCUT2D eigenvalue weighted by Crippen LogP contribution is 2.20. The van der Waals surface area contributed by atoms with Gasteiger partial charge in [0, 0.05) is 31.1 Å². The van der Waals surface area contributed by atoms with Gasteiger partial charge in [0.15, 0.2) is 0 Å². The van der Waals surface area contributed by atoms with E-state index in [9.17, 15) is 4.79 Å². The Bertz CT molecular complexity index is 489. The number of aryl methyl sites for hydroxylation is 1. The van der Waals surface area contributed by atoms with E-state index in [4.69, 9.17) is 0 Å². The number of carbonyl (C=O) groups excluding carboxylic acids is 1. The second-order valence-electron chi connectivity index (χ2n) is 5.20. The molecule has 1 saturated heterocycles. The van der Waals surface area contributed by atoms with Gasteiger partial charge in [-0.15, -0.1) is 0 Å². The van der Waals surface area contributed by atoms with Gasteiger partial charge in [-0.25, -0.2) is 9.97 Å². The van der Waals surface area contributed by atoms with Gasteiger partial charge in [0.2, 0.25) is 5.91 Å². The first-order chi connectivity index (χ1) is 9.60. The molecule has 0 bridgehead atoms. The van der Waals surface area contributed by atoms with Crippen molar-refractivity contribution in [1.29, 1.82) is 0 Å². The molecule has 1 atom stereocenters. The zero-order valence-corrected chi connectivity index (χ0v) is 12.4. The molecule has 20 heavy (non-hydrogen) atoms. The van der Waals surface area contributed by atoms with Gasteiger partial charge >= 0.3 is 0 Å². The largest absolute Gasteiger partial charge is 0.370 e. The molecule has 0 aliphatic carbocycles. The number of nitrogens with zero attached hydrogens (tertiary/aromatic N) is 2. The van der Waals surface area contributed by atoms with Gasteiger partial charge in [0.25, 0.3) is 0 Å². The van der Waals surface area contributed by atoms with E-state index < -0.39 is 0 Å². The summed E-state index contributed by atoms with van der Waals surface area (Å²) in [5, 5.41) is 9.59. The second kappa shape index (κ2) is 6.54. The third-order valence-electron chi connectivity index (χ3n) is 3.40. The standard InChI is InChI=1S/C14H23N5O/c1-4-7-15-13-9(2)14(18-10(3)17-13)16-8-11-5-6-12(20)19-11/h11H,4-8H2,1-3H3,(H,19,20)(H2,15,16,17,18). The number of carbonyl (C=O) groups is 1. The summed E-state index contributed by atoms with van der Waals surface area (Å²) in [7, 11) is 0. The topological polar surface area (TPSA) is 78.9 Å². The van der Waals surface area contributed by atoms with Crippen molar-refractivity contribution in [2.75, 3.05) is 23.7 Å². The summed E-state index contributed by atoms with van der Waals surface area (Å²) in [4.78, 5) is 20.1. The molecule has 1 aliphatic rings. The van der Waals surface area contributed by atoms with Gasteiger partial charge < -0.3 is 16.0 Å². The van der Waals surface area contributed by atoms with Crippen LogP contribution < -0.4 is 16.0 Å². The van der Waals surface area contributed by atoms with E-state index in [-0.39, 0.29) is 11.9 Å². The molecule has 1 aromatic heterocycles. The van der Waals surface area contributed by atoms with Crippen LogP contribution in [0.4, 0.5) is 11.6 Å². The molecule has 6 nitrogen and oxygen atoms in total. The summed E-state index contributed by atoms with van der Waals surface area (Å²) >= 11 is 0. The molecule has 0 aromatic carbocycles. The lowest BCUT2D eigenvalue weighted by Crippen LogP contribution is -2.32. The van der Waals surface area contributed by atoms with Crippen LogP contribution in [0.1, 0.15) is 37.6 Å². The highest BCUT2D eigenvalue weighted by Gasteiger charge is 2.20. The van der Waals surface area contributed by atoms with Crippen LogP contribution in [0.25, 0.3) is 0 Å².